The number of carbonyl (C=O) groups excluding carboxylic acids is 1. The lowest BCUT2D eigenvalue weighted by molar-refractivity contribution is 0.0709. The van der Waals surface area contributed by atoms with Crippen molar-refractivity contribution in [1.82, 2.24) is 9.80 Å². The third-order valence-electron chi connectivity index (χ3n) is 5.13. The maximum atomic E-state index is 13.0. The SMILES string of the molecule is C=C(C#N)SC(=C)c1ccc(C(=O)N2CCCC2CN2CCCC2)cc1. The fourth-order valence-corrected chi connectivity index (χ4v) is 4.35. The van der Waals surface area contributed by atoms with Gasteiger partial charge in [0.15, 0.2) is 0 Å². The third kappa shape index (κ3) is 4.38. The van der Waals surface area contributed by atoms with Gasteiger partial charge in [-0.25, -0.2) is 0 Å². The van der Waals surface area contributed by atoms with Crippen LogP contribution in [0.15, 0.2) is 42.3 Å². The van der Waals surface area contributed by atoms with E-state index in [0.717, 1.165) is 42.0 Å². The lowest BCUT2D eigenvalue weighted by Gasteiger charge is -2.28. The van der Waals surface area contributed by atoms with Gasteiger partial charge < -0.3 is 9.80 Å². The van der Waals surface area contributed by atoms with Crippen molar-refractivity contribution in [2.24, 2.45) is 0 Å². The zero-order chi connectivity index (χ0) is 18.5. The number of allylic oxidation sites excluding steroid dienone is 1. The molecule has 1 aromatic carbocycles. The molecule has 3 rings (SSSR count). The molecule has 5 heteroatoms. The number of thioether (sulfide) groups is 1. The van der Waals surface area contributed by atoms with E-state index in [2.05, 4.69) is 23.0 Å². The molecule has 0 aliphatic carbocycles. The van der Waals surface area contributed by atoms with Gasteiger partial charge in [0.2, 0.25) is 0 Å². The molecule has 2 aliphatic rings. The Morgan fingerprint density at radius 3 is 2.42 bits per heavy atom. The molecule has 2 heterocycles. The summed E-state index contributed by atoms with van der Waals surface area (Å²) in [6.07, 6.45) is 4.75. The summed E-state index contributed by atoms with van der Waals surface area (Å²) < 4.78 is 0. The van der Waals surface area contributed by atoms with Crippen molar-refractivity contribution in [3.05, 3.63) is 53.5 Å². The number of nitrogens with zero attached hydrogens (tertiary/aromatic N) is 3. The van der Waals surface area contributed by atoms with E-state index in [1.165, 1.54) is 37.7 Å². The molecule has 0 bridgehead atoms. The molecule has 0 saturated carbocycles. The number of benzene rings is 1. The molecule has 2 fully saturated rings. The van der Waals surface area contributed by atoms with Gasteiger partial charge in [-0.2, -0.15) is 5.26 Å². The van der Waals surface area contributed by atoms with E-state index < -0.39 is 0 Å². The minimum atomic E-state index is 0.123. The highest BCUT2D eigenvalue weighted by Crippen LogP contribution is 2.31. The molecule has 0 N–H and O–H groups in total. The molecule has 0 spiro atoms. The van der Waals surface area contributed by atoms with Crippen molar-refractivity contribution in [3.63, 3.8) is 0 Å². The van der Waals surface area contributed by atoms with Crippen molar-refractivity contribution in [2.45, 2.75) is 31.7 Å². The average Bonchev–Trinajstić information content (AvgIpc) is 3.33. The normalized spacial score (nSPS) is 20.1. The highest BCUT2D eigenvalue weighted by Gasteiger charge is 2.31. The molecular formula is C21H25N3OS. The Bertz CT molecular complexity index is 729. The zero-order valence-electron chi connectivity index (χ0n) is 15.1. The van der Waals surface area contributed by atoms with E-state index in [4.69, 9.17) is 5.26 Å². The van der Waals surface area contributed by atoms with Crippen LogP contribution in [0.5, 0.6) is 0 Å². The van der Waals surface area contributed by atoms with Gasteiger partial charge in [0.05, 0.1) is 4.91 Å². The molecule has 1 atom stereocenters. The zero-order valence-corrected chi connectivity index (χ0v) is 15.9. The number of hydrogen-bond donors (Lipinski definition) is 0. The van der Waals surface area contributed by atoms with Crippen LogP contribution in [0, 0.1) is 11.3 Å². The van der Waals surface area contributed by atoms with Crippen LogP contribution in [0.1, 0.15) is 41.6 Å². The summed E-state index contributed by atoms with van der Waals surface area (Å²) in [5.74, 6) is 0.123. The van der Waals surface area contributed by atoms with Crippen molar-refractivity contribution >= 4 is 22.6 Å². The van der Waals surface area contributed by atoms with Crippen molar-refractivity contribution in [3.8, 4) is 6.07 Å². The number of hydrogen-bond acceptors (Lipinski definition) is 4. The van der Waals surface area contributed by atoms with E-state index in [1.54, 1.807) is 0 Å². The summed E-state index contributed by atoms with van der Waals surface area (Å²) in [4.78, 5) is 18.7. The van der Waals surface area contributed by atoms with Gasteiger partial charge >= 0.3 is 0 Å². The number of likely N-dealkylation sites (tertiary alicyclic amines) is 2. The third-order valence-corrected chi connectivity index (χ3v) is 5.95. The average molecular weight is 368 g/mol. The van der Waals surface area contributed by atoms with Crippen molar-refractivity contribution in [1.29, 1.82) is 5.26 Å². The number of carbonyl (C=O) groups is 1. The van der Waals surface area contributed by atoms with Crippen LogP contribution < -0.4 is 0 Å². The van der Waals surface area contributed by atoms with Gasteiger partial charge in [-0.3, -0.25) is 4.79 Å². The Balaban J connectivity index is 1.64. The summed E-state index contributed by atoms with van der Waals surface area (Å²) in [5, 5.41) is 8.83. The molecule has 1 amide bonds. The molecule has 1 aromatic rings. The fraction of sp³-hybridized carbons (Fsp3) is 0.429. The Morgan fingerprint density at radius 1 is 1.12 bits per heavy atom. The summed E-state index contributed by atoms with van der Waals surface area (Å²) in [7, 11) is 0. The van der Waals surface area contributed by atoms with E-state index >= 15 is 0 Å². The van der Waals surface area contributed by atoms with Gasteiger partial charge in [-0.1, -0.05) is 37.1 Å². The molecule has 4 nitrogen and oxygen atoms in total. The van der Waals surface area contributed by atoms with Gasteiger partial charge in [-0.15, -0.1) is 0 Å². The topological polar surface area (TPSA) is 47.3 Å². The highest BCUT2D eigenvalue weighted by atomic mass is 32.2. The maximum Gasteiger partial charge on any atom is 0.254 e. The smallest absolute Gasteiger partial charge is 0.254 e. The van der Waals surface area contributed by atoms with Crippen LogP contribution in [0.25, 0.3) is 4.91 Å². The van der Waals surface area contributed by atoms with Gasteiger partial charge in [0.25, 0.3) is 5.91 Å². The van der Waals surface area contributed by atoms with Crippen LogP contribution in [0.2, 0.25) is 0 Å². The largest absolute Gasteiger partial charge is 0.334 e. The summed E-state index contributed by atoms with van der Waals surface area (Å²) in [6, 6.07) is 9.88. The van der Waals surface area contributed by atoms with Gasteiger partial charge in [0, 0.05) is 29.6 Å². The van der Waals surface area contributed by atoms with E-state index in [0.29, 0.717) is 10.9 Å². The molecule has 26 heavy (non-hydrogen) atoms. The van der Waals surface area contributed by atoms with Crippen LogP contribution in [0.4, 0.5) is 0 Å². The molecule has 0 radical (unpaired) electrons. The molecule has 2 saturated heterocycles. The van der Waals surface area contributed by atoms with E-state index in [1.807, 2.05) is 30.3 Å². The molecule has 136 valence electrons. The minimum Gasteiger partial charge on any atom is -0.334 e. The van der Waals surface area contributed by atoms with Gasteiger partial charge in [0.1, 0.15) is 6.07 Å². The highest BCUT2D eigenvalue weighted by molar-refractivity contribution is 8.12. The van der Waals surface area contributed by atoms with Crippen molar-refractivity contribution < 1.29 is 4.79 Å². The summed E-state index contributed by atoms with van der Waals surface area (Å²) in [5.41, 5.74) is 1.64. The first-order valence-corrected chi connectivity index (χ1v) is 9.99. The lowest BCUT2D eigenvalue weighted by Crippen LogP contribution is -2.42. The monoisotopic (exact) mass is 367 g/mol. The Morgan fingerprint density at radius 2 is 1.77 bits per heavy atom. The number of rotatable bonds is 6. The fourth-order valence-electron chi connectivity index (χ4n) is 3.75. The lowest BCUT2D eigenvalue weighted by atomic mass is 10.1. The molecule has 0 aromatic heterocycles. The van der Waals surface area contributed by atoms with Crippen LogP contribution >= 0.6 is 11.8 Å². The van der Waals surface area contributed by atoms with Crippen LogP contribution in [0.3, 0.4) is 0 Å². The predicted octanol–water partition coefficient (Wildman–Crippen LogP) is 4.13. The predicted molar refractivity (Wildman–Crippen MR) is 108 cm³/mol. The van der Waals surface area contributed by atoms with Crippen LogP contribution in [-0.4, -0.2) is 47.9 Å². The van der Waals surface area contributed by atoms with Crippen molar-refractivity contribution in [2.75, 3.05) is 26.2 Å². The summed E-state index contributed by atoms with van der Waals surface area (Å²) >= 11 is 1.26. The standard InChI is InChI=1S/C21H25N3OS/c1-16(14-22)26-17(2)18-7-9-19(10-8-18)21(25)24-13-5-6-20(24)15-23-11-3-4-12-23/h7-10,20H,1-6,11-13,15H2. The Hall–Kier alpha value is -2.03. The van der Waals surface area contributed by atoms with E-state index in [-0.39, 0.29) is 5.91 Å². The first-order chi connectivity index (χ1) is 12.6. The first-order valence-electron chi connectivity index (χ1n) is 9.18. The summed E-state index contributed by atoms with van der Waals surface area (Å²) in [6.45, 7) is 11.8. The minimum absolute atomic E-state index is 0.123. The molecule has 1 unspecified atom stereocenters. The second-order valence-corrected chi connectivity index (χ2v) is 8.13. The first kappa shape index (κ1) is 18.8. The number of nitriles is 1. The van der Waals surface area contributed by atoms with Gasteiger partial charge in [-0.05, 0) is 56.5 Å². The Labute approximate surface area is 160 Å². The Kier molecular flexibility index (Phi) is 6.18. The molecular weight excluding hydrogens is 342 g/mol. The second kappa shape index (κ2) is 8.57. The van der Waals surface area contributed by atoms with Crippen LogP contribution in [-0.2, 0) is 0 Å². The molecule has 2 aliphatic heterocycles. The number of amides is 1. The quantitative estimate of drug-likeness (QED) is 0.710. The second-order valence-electron chi connectivity index (χ2n) is 6.94. The van der Waals surface area contributed by atoms with E-state index in [9.17, 15) is 4.79 Å². The maximum absolute atomic E-state index is 13.0.